The van der Waals surface area contributed by atoms with E-state index in [0.717, 1.165) is 23.2 Å². The Labute approximate surface area is 188 Å². The zero-order chi connectivity index (χ0) is 23.7. The third-order valence-corrected chi connectivity index (χ3v) is 5.79. The molecule has 2 aliphatic heterocycles. The summed E-state index contributed by atoms with van der Waals surface area (Å²) in [5, 5.41) is 5.18. The maximum Gasteiger partial charge on any atom is 0.272 e. The first-order valence-electron chi connectivity index (χ1n) is 10.5. The van der Waals surface area contributed by atoms with Gasteiger partial charge in [-0.05, 0) is 24.1 Å². The first-order valence-corrected chi connectivity index (χ1v) is 10.5. The van der Waals surface area contributed by atoms with Gasteiger partial charge in [0.05, 0.1) is 18.5 Å². The molecule has 2 aliphatic rings. The number of piperidine rings is 1. The van der Waals surface area contributed by atoms with E-state index in [1.807, 2.05) is 0 Å². The molecular weight excluding hydrogens is 437 g/mol. The molecule has 3 heterocycles. The molecule has 4 rings (SSSR count). The molecule has 2 amide bonds. The van der Waals surface area contributed by atoms with Gasteiger partial charge in [-0.1, -0.05) is 0 Å². The Morgan fingerprint density at radius 2 is 1.82 bits per heavy atom. The molecule has 174 valence electrons. The van der Waals surface area contributed by atoms with Crippen molar-refractivity contribution in [1.82, 2.24) is 19.9 Å². The summed E-state index contributed by atoms with van der Waals surface area (Å²) in [5.74, 6) is -2.89. The van der Waals surface area contributed by atoms with Gasteiger partial charge in [-0.3, -0.25) is 9.59 Å². The smallest absolute Gasteiger partial charge is 0.272 e. The zero-order valence-electron chi connectivity index (χ0n) is 18.2. The molecule has 0 radical (unpaired) electrons. The lowest BCUT2D eigenvalue weighted by atomic mass is 9.92. The number of anilines is 1. The minimum atomic E-state index is -1.52. The van der Waals surface area contributed by atoms with Gasteiger partial charge in [0, 0.05) is 45.4 Å². The number of carbonyl (C=O) groups is 2. The molecule has 3 atom stereocenters. The van der Waals surface area contributed by atoms with Crippen LogP contribution in [0.25, 0.3) is 0 Å². The molecule has 0 spiro atoms. The van der Waals surface area contributed by atoms with Gasteiger partial charge in [0.2, 0.25) is 5.91 Å². The van der Waals surface area contributed by atoms with Gasteiger partial charge in [0.1, 0.15) is 35.6 Å². The lowest BCUT2D eigenvalue weighted by Crippen LogP contribution is -2.48. The van der Waals surface area contributed by atoms with Crippen LogP contribution in [0.2, 0.25) is 0 Å². The van der Waals surface area contributed by atoms with Crippen LogP contribution in [0.15, 0.2) is 35.7 Å². The summed E-state index contributed by atoms with van der Waals surface area (Å²) in [5.41, 5.74) is 0.459. The molecule has 1 aromatic carbocycles. The third kappa shape index (κ3) is 4.67. The van der Waals surface area contributed by atoms with E-state index in [2.05, 4.69) is 15.1 Å². The van der Waals surface area contributed by atoms with Crippen molar-refractivity contribution in [1.29, 1.82) is 0 Å². The summed E-state index contributed by atoms with van der Waals surface area (Å²) < 4.78 is 42.5. The highest BCUT2D eigenvalue weighted by Crippen LogP contribution is 2.34. The maximum absolute atomic E-state index is 15.2. The standard InChI is InChI=1S/C22H23F3N6O2/c1-29(2)22(33)18-10-20(27-12-26-18)30-6-4-16(17(25)11-30)21(32)31-19(3-5-28-31)13-7-14(23)9-15(24)8-13/h5,7-10,12,16-17,19H,3-4,6,11H2,1-2H3/t16-,17+,19+/m0/s1. The molecule has 1 fully saturated rings. The summed E-state index contributed by atoms with van der Waals surface area (Å²) in [6, 6.07) is 3.87. The molecule has 0 bridgehead atoms. The largest absolute Gasteiger partial charge is 0.354 e. The lowest BCUT2D eigenvalue weighted by molar-refractivity contribution is -0.140. The molecule has 11 heteroatoms. The summed E-state index contributed by atoms with van der Waals surface area (Å²) in [4.78, 5) is 36.4. The molecule has 1 saturated heterocycles. The second kappa shape index (κ2) is 9.16. The Kier molecular flexibility index (Phi) is 6.30. The molecule has 0 N–H and O–H groups in total. The Bertz CT molecular complexity index is 1080. The van der Waals surface area contributed by atoms with Crippen LogP contribution in [-0.4, -0.2) is 71.3 Å². The predicted octanol–water partition coefficient (Wildman–Crippen LogP) is 2.58. The van der Waals surface area contributed by atoms with E-state index in [-0.39, 0.29) is 36.6 Å². The number of hydrogen-bond donors (Lipinski definition) is 0. The second-order valence-electron chi connectivity index (χ2n) is 8.25. The van der Waals surface area contributed by atoms with Gasteiger partial charge in [-0.2, -0.15) is 5.10 Å². The van der Waals surface area contributed by atoms with Gasteiger partial charge in [-0.15, -0.1) is 0 Å². The number of nitrogens with zero attached hydrogens (tertiary/aromatic N) is 6. The van der Waals surface area contributed by atoms with Gasteiger partial charge in [0.15, 0.2) is 0 Å². The second-order valence-corrected chi connectivity index (χ2v) is 8.25. The first-order chi connectivity index (χ1) is 15.7. The predicted molar refractivity (Wildman–Crippen MR) is 114 cm³/mol. The van der Waals surface area contributed by atoms with E-state index < -0.39 is 35.7 Å². The van der Waals surface area contributed by atoms with E-state index >= 15 is 4.39 Å². The molecule has 8 nitrogen and oxygen atoms in total. The Hall–Kier alpha value is -3.50. The number of amides is 2. The highest BCUT2D eigenvalue weighted by Gasteiger charge is 2.40. The number of alkyl halides is 1. The number of halogens is 3. The van der Waals surface area contributed by atoms with Gasteiger partial charge >= 0.3 is 0 Å². The van der Waals surface area contributed by atoms with Crippen molar-refractivity contribution in [3.8, 4) is 0 Å². The van der Waals surface area contributed by atoms with Crippen molar-refractivity contribution < 1.29 is 22.8 Å². The van der Waals surface area contributed by atoms with Crippen LogP contribution >= 0.6 is 0 Å². The summed E-state index contributed by atoms with van der Waals surface area (Å²) >= 11 is 0. The number of benzene rings is 1. The van der Waals surface area contributed by atoms with Crippen LogP contribution in [0.4, 0.5) is 19.0 Å². The molecule has 2 aromatic rings. The van der Waals surface area contributed by atoms with Crippen LogP contribution < -0.4 is 4.90 Å². The molecule has 33 heavy (non-hydrogen) atoms. The minimum Gasteiger partial charge on any atom is -0.354 e. The minimum absolute atomic E-state index is 0.0974. The maximum atomic E-state index is 15.2. The van der Waals surface area contributed by atoms with Crippen molar-refractivity contribution in [2.75, 3.05) is 32.1 Å². The number of hydrogen-bond acceptors (Lipinski definition) is 6. The zero-order valence-corrected chi connectivity index (χ0v) is 18.2. The Morgan fingerprint density at radius 3 is 2.48 bits per heavy atom. The van der Waals surface area contributed by atoms with E-state index in [4.69, 9.17) is 0 Å². The average Bonchev–Trinajstić information content (AvgIpc) is 3.27. The lowest BCUT2D eigenvalue weighted by Gasteiger charge is -2.36. The van der Waals surface area contributed by atoms with Crippen molar-refractivity contribution in [3.05, 3.63) is 53.5 Å². The van der Waals surface area contributed by atoms with Crippen molar-refractivity contribution >= 4 is 23.8 Å². The number of carbonyl (C=O) groups excluding carboxylic acids is 2. The summed E-state index contributed by atoms with van der Waals surface area (Å²) in [7, 11) is 3.20. The van der Waals surface area contributed by atoms with E-state index in [9.17, 15) is 18.4 Å². The van der Waals surface area contributed by atoms with Crippen LogP contribution in [0.5, 0.6) is 0 Å². The van der Waals surface area contributed by atoms with Crippen LogP contribution in [0.1, 0.15) is 34.9 Å². The van der Waals surface area contributed by atoms with E-state index in [0.29, 0.717) is 12.4 Å². The Balaban J connectivity index is 1.47. The van der Waals surface area contributed by atoms with Gasteiger partial charge in [-0.25, -0.2) is 28.1 Å². The summed E-state index contributed by atoms with van der Waals surface area (Å²) in [6.07, 6.45) is 1.69. The fourth-order valence-electron chi connectivity index (χ4n) is 4.10. The normalized spacial score (nSPS) is 22.5. The van der Waals surface area contributed by atoms with E-state index in [1.54, 1.807) is 19.0 Å². The van der Waals surface area contributed by atoms with Gasteiger partial charge in [0.25, 0.3) is 5.91 Å². The third-order valence-electron chi connectivity index (χ3n) is 5.79. The highest BCUT2D eigenvalue weighted by molar-refractivity contribution is 5.92. The van der Waals surface area contributed by atoms with Crippen molar-refractivity contribution in [2.24, 2.45) is 11.0 Å². The first kappa shape index (κ1) is 22.7. The topological polar surface area (TPSA) is 82.0 Å². The Morgan fingerprint density at radius 1 is 1.09 bits per heavy atom. The fourth-order valence-corrected chi connectivity index (χ4v) is 4.10. The fraction of sp³-hybridized carbons (Fsp3) is 0.409. The average molecular weight is 460 g/mol. The molecular formula is C22H23F3N6O2. The number of rotatable bonds is 4. The summed E-state index contributed by atoms with van der Waals surface area (Å²) in [6.45, 7) is 0.236. The molecule has 1 aromatic heterocycles. The molecule has 0 unspecified atom stereocenters. The number of hydrazone groups is 1. The van der Waals surface area contributed by atoms with Crippen LogP contribution in [0, 0.1) is 17.6 Å². The van der Waals surface area contributed by atoms with E-state index in [1.165, 1.54) is 23.5 Å². The van der Waals surface area contributed by atoms with Crippen molar-refractivity contribution in [2.45, 2.75) is 25.1 Å². The highest BCUT2D eigenvalue weighted by atomic mass is 19.1. The molecule has 0 saturated carbocycles. The monoisotopic (exact) mass is 460 g/mol. The SMILES string of the molecule is CN(C)C(=O)c1cc(N2CC[C@H](C(=O)N3N=CC[C@@H]3c3cc(F)cc(F)c3)[C@H](F)C2)ncn1. The van der Waals surface area contributed by atoms with Crippen LogP contribution in [-0.2, 0) is 4.79 Å². The van der Waals surface area contributed by atoms with Crippen molar-refractivity contribution in [3.63, 3.8) is 0 Å². The van der Waals surface area contributed by atoms with Crippen LogP contribution in [0.3, 0.4) is 0 Å². The van der Waals surface area contributed by atoms with Gasteiger partial charge < -0.3 is 9.80 Å². The number of aromatic nitrogens is 2. The molecule has 0 aliphatic carbocycles. The quantitative estimate of drug-likeness (QED) is 0.701.